The Hall–Kier alpha value is -0.890. The molecule has 0 saturated heterocycles. The van der Waals surface area contributed by atoms with Gasteiger partial charge in [0.05, 0.1) is 5.60 Å². The third kappa shape index (κ3) is 1.91. The first kappa shape index (κ1) is 10.6. The van der Waals surface area contributed by atoms with E-state index in [1.165, 1.54) is 18.6 Å². The van der Waals surface area contributed by atoms with Crippen molar-refractivity contribution >= 4 is 0 Å². The Morgan fingerprint density at radius 2 is 2.20 bits per heavy atom. The van der Waals surface area contributed by atoms with Crippen LogP contribution in [0.4, 0.5) is 4.39 Å². The fourth-order valence-corrected chi connectivity index (χ4v) is 2.52. The Morgan fingerprint density at radius 3 is 2.87 bits per heavy atom. The minimum atomic E-state index is -0.819. The van der Waals surface area contributed by atoms with Crippen LogP contribution < -0.4 is 0 Å². The highest BCUT2D eigenvalue weighted by Crippen LogP contribution is 2.41. The Bertz CT molecular complexity index is 350. The highest BCUT2D eigenvalue weighted by Gasteiger charge is 2.37. The van der Waals surface area contributed by atoms with Gasteiger partial charge in [-0.15, -0.1) is 0 Å². The second-order valence-corrected chi connectivity index (χ2v) is 4.58. The SMILES string of the molecule is C[C@H]1CCCC[C@]1(O)c1cccc(F)c1. The molecule has 2 heteroatoms. The van der Waals surface area contributed by atoms with Gasteiger partial charge in [0, 0.05) is 0 Å². The number of rotatable bonds is 1. The van der Waals surface area contributed by atoms with Gasteiger partial charge in [-0.3, -0.25) is 0 Å². The van der Waals surface area contributed by atoms with Crippen LogP contribution in [-0.4, -0.2) is 5.11 Å². The lowest BCUT2D eigenvalue weighted by atomic mass is 9.72. The predicted octanol–water partition coefficient (Wildman–Crippen LogP) is 3.22. The van der Waals surface area contributed by atoms with Crippen LogP contribution in [0.1, 0.15) is 38.2 Å². The van der Waals surface area contributed by atoms with Crippen LogP contribution in [0.2, 0.25) is 0 Å². The van der Waals surface area contributed by atoms with Crippen LogP contribution in [0.15, 0.2) is 24.3 Å². The van der Waals surface area contributed by atoms with E-state index in [-0.39, 0.29) is 11.7 Å². The Balaban J connectivity index is 2.34. The van der Waals surface area contributed by atoms with Gasteiger partial charge in [-0.05, 0) is 36.5 Å². The van der Waals surface area contributed by atoms with E-state index in [9.17, 15) is 9.50 Å². The highest BCUT2D eigenvalue weighted by atomic mass is 19.1. The van der Waals surface area contributed by atoms with Crippen molar-refractivity contribution in [2.75, 3.05) is 0 Å². The van der Waals surface area contributed by atoms with Gasteiger partial charge >= 0.3 is 0 Å². The topological polar surface area (TPSA) is 20.2 Å². The van der Waals surface area contributed by atoms with E-state index in [4.69, 9.17) is 0 Å². The third-order valence-corrected chi connectivity index (χ3v) is 3.58. The van der Waals surface area contributed by atoms with Crippen molar-refractivity contribution in [3.05, 3.63) is 35.6 Å². The summed E-state index contributed by atoms with van der Waals surface area (Å²) < 4.78 is 13.1. The summed E-state index contributed by atoms with van der Waals surface area (Å²) in [4.78, 5) is 0. The second kappa shape index (κ2) is 3.93. The van der Waals surface area contributed by atoms with E-state index in [1.807, 2.05) is 13.0 Å². The van der Waals surface area contributed by atoms with Gasteiger partial charge in [-0.25, -0.2) is 4.39 Å². The molecule has 1 aliphatic rings. The zero-order valence-electron chi connectivity index (χ0n) is 9.04. The fourth-order valence-electron chi connectivity index (χ4n) is 2.52. The molecule has 1 saturated carbocycles. The van der Waals surface area contributed by atoms with Gasteiger partial charge in [0.25, 0.3) is 0 Å². The third-order valence-electron chi connectivity index (χ3n) is 3.58. The lowest BCUT2D eigenvalue weighted by molar-refractivity contribution is -0.0471. The normalized spacial score (nSPS) is 31.5. The summed E-state index contributed by atoms with van der Waals surface area (Å²) in [5.74, 6) is -0.0493. The van der Waals surface area contributed by atoms with Gasteiger partial charge in [0.1, 0.15) is 5.82 Å². The molecule has 1 aromatic carbocycles. The molecule has 0 radical (unpaired) electrons. The first-order chi connectivity index (χ1) is 7.13. The van der Waals surface area contributed by atoms with Crippen molar-refractivity contribution in [2.45, 2.75) is 38.2 Å². The number of benzene rings is 1. The largest absolute Gasteiger partial charge is 0.385 e. The van der Waals surface area contributed by atoms with Gasteiger partial charge < -0.3 is 5.11 Å². The Labute approximate surface area is 89.9 Å². The maximum Gasteiger partial charge on any atom is 0.123 e. The molecule has 15 heavy (non-hydrogen) atoms. The maximum absolute atomic E-state index is 13.1. The van der Waals surface area contributed by atoms with Gasteiger partial charge in [0.2, 0.25) is 0 Å². The smallest absolute Gasteiger partial charge is 0.123 e. The van der Waals surface area contributed by atoms with Crippen LogP contribution >= 0.6 is 0 Å². The predicted molar refractivity (Wildman–Crippen MR) is 57.9 cm³/mol. The van der Waals surface area contributed by atoms with Crippen LogP contribution in [0.5, 0.6) is 0 Å². The minimum Gasteiger partial charge on any atom is -0.385 e. The van der Waals surface area contributed by atoms with Gasteiger partial charge in [0.15, 0.2) is 0 Å². The molecule has 2 atom stereocenters. The molecular formula is C13H17FO. The van der Waals surface area contributed by atoms with E-state index in [0.717, 1.165) is 24.8 Å². The van der Waals surface area contributed by atoms with E-state index in [1.54, 1.807) is 6.07 Å². The monoisotopic (exact) mass is 208 g/mol. The highest BCUT2D eigenvalue weighted by molar-refractivity contribution is 5.24. The van der Waals surface area contributed by atoms with E-state index >= 15 is 0 Å². The molecular weight excluding hydrogens is 191 g/mol. The van der Waals surface area contributed by atoms with Crippen molar-refractivity contribution in [3.63, 3.8) is 0 Å². The summed E-state index contributed by atoms with van der Waals surface area (Å²) in [5, 5.41) is 10.6. The first-order valence-electron chi connectivity index (χ1n) is 5.61. The fraction of sp³-hybridized carbons (Fsp3) is 0.538. The van der Waals surface area contributed by atoms with E-state index in [0.29, 0.717) is 0 Å². The molecule has 2 rings (SSSR count). The van der Waals surface area contributed by atoms with E-state index in [2.05, 4.69) is 0 Å². The standard InChI is InChI=1S/C13H17FO/c1-10-5-2-3-8-13(10,15)11-6-4-7-12(14)9-11/h4,6-7,9-10,15H,2-3,5,8H2,1H3/t10-,13+/m0/s1. The molecule has 0 aromatic heterocycles. The number of aliphatic hydroxyl groups is 1. The van der Waals surface area contributed by atoms with Crippen LogP contribution in [0.25, 0.3) is 0 Å². The molecule has 0 spiro atoms. The zero-order valence-corrected chi connectivity index (χ0v) is 9.04. The molecule has 0 aliphatic heterocycles. The first-order valence-corrected chi connectivity index (χ1v) is 5.61. The Morgan fingerprint density at radius 1 is 1.40 bits per heavy atom. The average Bonchev–Trinajstić information content (AvgIpc) is 2.23. The van der Waals surface area contributed by atoms with Gasteiger partial charge in [-0.2, -0.15) is 0 Å². The molecule has 82 valence electrons. The second-order valence-electron chi connectivity index (χ2n) is 4.58. The minimum absolute atomic E-state index is 0.216. The van der Waals surface area contributed by atoms with Crippen molar-refractivity contribution in [1.82, 2.24) is 0 Å². The molecule has 1 nitrogen and oxygen atoms in total. The summed E-state index contributed by atoms with van der Waals surface area (Å²) in [5.41, 5.74) is -0.0879. The molecule has 1 aliphatic carbocycles. The maximum atomic E-state index is 13.1. The van der Waals surface area contributed by atoms with Crippen LogP contribution in [0, 0.1) is 11.7 Å². The van der Waals surface area contributed by atoms with Crippen molar-refractivity contribution in [1.29, 1.82) is 0 Å². The number of halogens is 1. The van der Waals surface area contributed by atoms with Crippen LogP contribution in [0.3, 0.4) is 0 Å². The quantitative estimate of drug-likeness (QED) is 0.751. The zero-order chi connectivity index (χ0) is 10.9. The van der Waals surface area contributed by atoms with Crippen molar-refractivity contribution in [2.24, 2.45) is 5.92 Å². The van der Waals surface area contributed by atoms with Crippen molar-refractivity contribution in [3.8, 4) is 0 Å². The summed E-state index contributed by atoms with van der Waals surface area (Å²) in [6, 6.07) is 6.37. The molecule has 1 fully saturated rings. The van der Waals surface area contributed by atoms with Gasteiger partial charge in [-0.1, -0.05) is 31.9 Å². The molecule has 0 bridgehead atoms. The lowest BCUT2D eigenvalue weighted by Crippen LogP contribution is -2.36. The molecule has 1 aromatic rings. The Kier molecular flexibility index (Phi) is 2.79. The number of hydrogen-bond donors (Lipinski definition) is 1. The molecule has 0 unspecified atom stereocenters. The average molecular weight is 208 g/mol. The molecule has 1 N–H and O–H groups in total. The van der Waals surface area contributed by atoms with Crippen molar-refractivity contribution < 1.29 is 9.50 Å². The summed E-state index contributed by atoms with van der Waals surface area (Å²) in [7, 11) is 0. The van der Waals surface area contributed by atoms with E-state index < -0.39 is 5.60 Å². The number of hydrogen-bond acceptors (Lipinski definition) is 1. The lowest BCUT2D eigenvalue weighted by Gasteiger charge is -2.38. The molecule has 0 heterocycles. The summed E-state index contributed by atoms with van der Waals surface area (Å²) >= 11 is 0. The summed E-state index contributed by atoms with van der Waals surface area (Å²) in [6.07, 6.45) is 3.96. The summed E-state index contributed by atoms with van der Waals surface area (Å²) in [6.45, 7) is 2.05. The molecule has 0 amide bonds. The van der Waals surface area contributed by atoms with Crippen LogP contribution in [-0.2, 0) is 5.60 Å².